The molecule has 0 spiro atoms. The summed E-state index contributed by atoms with van der Waals surface area (Å²) < 4.78 is 7.80. The third kappa shape index (κ3) is 5.14. The zero-order valence-electron chi connectivity index (χ0n) is 15.4. The number of thioether (sulfide) groups is 1. The number of rotatable bonds is 10. The lowest BCUT2D eigenvalue weighted by Gasteiger charge is -2.09. The summed E-state index contributed by atoms with van der Waals surface area (Å²) >= 11 is 3.18. The van der Waals surface area contributed by atoms with Crippen molar-refractivity contribution in [3.63, 3.8) is 0 Å². The van der Waals surface area contributed by atoms with Crippen LogP contribution in [0.4, 0.5) is 0 Å². The second-order valence-electron chi connectivity index (χ2n) is 6.56. The number of hydrogen-bond acceptors (Lipinski definition) is 6. The van der Waals surface area contributed by atoms with E-state index in [1.807, 2.05) is 30.3 Å². The number of amides is 1. The number of carbonyl (C=O) groups excluding carboxylic acids is 1. The number of ether oxygens (including phenoxy) is 1. The summed E-state index contributed by atoms with van der Waals surface area (Å²) in [6.07, 6.45) is 3.11. The predicted octanol–water partition coefficient (Wildman–Crippen LogP) is 3.55. The van der Waals surface area contributed by atoms with Gasteiger partial charge in [-0.3, -0.25) is 4.79 Å². The van der Waals surface area contributed by atoms with Gasteiger partial charge in [-0.1, -0.05) is 36.0 Å². The highest BCUT2D eigenvalue weighted by Crippen LogP contribution is 2.39. The number of para-hydroxylation sites is 1. The molecule has 0 bridgehead atoms. The molecule has 1 N–H and O–H groups in total. The average molecular weight is 415 g/mol. The normalized spacial score (nSPS) is 13.4. The summed E-state index contributed by atoms with van der Waals surface area (Å²) in [7, 11) is 0. The monoisotopic (exact) mass is 414 g/mol. The fourth-order valence-electron chi connectivity index (χ4n) is 2.85. The minimum absolute atomic E-state index is 0.0215. The number of hydrogen-bond donors (Lipinski definition) is 1. The molecule has 1 amide bonds. The summed E-state index contributed by atoms with van der Waals surface area (Å²) in [5.74, 6) is 2.10. The lowest BCUT2D eigenvalue weighted by atomic mass is 10.3. The van der Waals surface area contributed by atoms with Gasteiger partial charge in [0.05, 0.1) is 12.3 Å². The zero-order valence-corrected chi connectivity index (χ0v) is 17.0. The topological polar surface area (TPSA) is 69.0 Å². The Hall–Kier alpha value is -2.32. The van der Waals surface area contributed by atoms with Gasteiger partial charge in [0.2, 0.25) is 5.91 Å². The summed E-state index contributed by atoms with van der Waals surface area (Å²) in [6.45, 7) is 0.927. The lowest BCUT2D eigenvalue weighted by molar-refractivity contribution is -0.118. The van der Waals surface area contributed by atoms with E-state index in [0.717, 1.165) is 36.0 Å². The Balaban J connectivity index is 1.25. The van der Waals surface area contributed by atoms with Crippen molar-refractivity contribution in [2.45, 2.75) is 30.5 Å². The largest absolute Gasteiger partial charge is 0.492 e. The minimum atomic E-state index is -0.0215. The Labute approximate surface area is 172 Å². The zero-order chi connectivity index (χ0) is 19.2. The molecule has 4 rings (SSSR count). The summed E-state index contributed by atoms with van der Waals surface area (Å²) in [6, 6.07) is 14.2. The standard InChI is InChI=1S/C20H22N4O2S2/c25-19(21-10-11-26-16-5-2-1-3-6-16)14-28-20-23-22-18(24(20)15-8-9-15)13-17-7-4-12-27-17/h1-7,12,15H,8-11,13-14H2,(H,21,25). The highest BCUT2D eigenvalue weighted by molar-refractivity contribution is 7.99. The number of benzene rings is 1. The van der Waals surface area contributed by atoms with Crippen LogP contribution in [0.1, 0.15) is 29.6 Å². The Kier molecular flexibility index (Phi) is 6.28. The third-order valence-electron chi connectivity index (χ3n) is 4.33. The van der Waals surface area contributed by atoms with E-state index >= 15 is 0 Å². The van der Waals surface area contributed by atoms with Crippen LogP contribution in [0.15, 0.2) is 53.0 Å². The van der Waals surface area contributed by atoms with Gasteiger partial charge in [-0.2, -0.15) is 0 Å². The van der Waals surface area contributed by atoms with Crippen LogP contribution in [0, 0.1) is 0 Å². The van der Waals surface area contributed by atoms with Gasteiger partial charge in [0.25, 0.3) is 0 Å². The van der Waals surface area contributed by atoms with Crippen molar-refractivity contribution >= 4 is 29.0 Å². The van der Waals surface area contributed by atoms with Crippen LogP contribution in [0.3, 0.4) is 0 Å². The lowest BCUT2D eigenvalue weighted by Crippen LogP contribution is -2.29. The van der Waals surface area contributed by atoms with Crippen LogP contribution in [-0.2, 0) is 11.2 Å². The van der Waals surface area contributed by atoms with E-state index in [9.17, 15) is 4.79 Å². The number of nitrogens with one attached hydrogen (secondary N) is 1. The van der Waals surface area contributed by atoms with Crippen molar-refractivity contribution in [1.29, 1.82) is 0 Å². The van der Waals surface area contributed by atoms with Crippen molar-refractivity contribution in [2.24, 2.45) is 0 Å². The van der Waals surface area contributed by atoms with E-state index in [2.05, 4.69) is 37.6 Å². The van der Waals surface area contributed by atoms with Gasteiger partial charge in [-0.25, -0.2) is 0 Å². The van der Waals surface area contributed by atoms with E-state index in [1.165, 1.54) is 16.6 Å². The highest BCUT2D eigenvalue weighted by atomic mass is 32.2. The summed E-state index contributed by atoms with van der Waals surface area (Å²) in [4.78, 5) is 13.4. The van der Waals surface area contributed by atoms with Gasteiger partial charge in [-0.05, 0) is 36.4 Å². The quantitative estimate of drug-likeness (QED) is 0.406. The maximum absolute atomic E-state index is 12.1. The third-order valence-corrected chi connectivity index (χ3v) is 6.15. The van der Waals surface area contributed by atoms with Crippen molar-refractivity contribution < 1.29 is 9.53 Å². The molecule has 1 fully saturated rings. The Morgan fingerprint density at radius 3 is 2.82 bits per heavy atom. The van der Waals surface area contributed by atoms with Crippen molar-refractivity contribution in [3.8, 4) is 5.75 Å². The fraction of sp³-hybridized carbons (Fsp3) is 0.350. The van der Waals surface area contributed by atoms with Gasteiger partial charge in [0.15, 0.2) is 5.16 Å². The molecular weight excluding hydrogens is 392 g/mol. The number of nitrogens with zero attached hydrogens (tertiary/aromatic N) is 3. The van der Waals surface area contributed by atoms with Crippen molar-refractivity contribution in [1.82, 2.24) is 20.1 Å². The number of aromatic nitrogens is 3. The SMILES string of the molecule is O=C(CSc1nnc(Cc2cccs2)n1C1CC1)NCCOc1ccccc1. The van der Waals surface area contributed by atoms with E-state index in [4.69, 9.17) is 4.74 Å². The maximum atomic E-state index is 12.1. The number of carbonyl (C=O) groups is 1. The first kappa shape index (κ1) is 19.0. The van der Waals surface area contributed by atoms with Crippen LogP contribution in [-0.4, -0.2) is 39.6 Å². The predicted molar refractivity (Wildman–Crippen MR) is 111 cm³/mol. The van der Waals surface area contributed by atoms with Crippen LogP contribution >= 0.6 is 23.1 Å². The molecule has 2 aromatic heterocycles. The van der Waals surface area contributed by atoms with Crippen LogP contribution in [0.25, 0.3) is 0 Å². The highest BCUT2D eigenvalue weighted by Gasteiger charge is 2.29. The second-order valence-corrected chi connectivity index (χ2v) is 8.53. The Bertz CT molecular complexity index is 892. The van der Waals surface area contributed by atoms with Gasteiger partial charge in [-0.15, -0.1) is 21.5 Å². The van der Waals surface area contributed by atoms with Crippen LogP contribution in [0.2, 0.25) is 0 Å². The van der Waals surface area contributed by atoms with Gasteiger partial charge < -0.3 is 14.6 Å². The van der Waals surface area contributed by atoms with Gasteiger partial charge >= 0.3 is 0 Å². The molecule has 1 aliphatic carbocycles. The molecule has 3 aromatic rings. The molecule has 8 heteroatoms. The molecule has 6 nitrogen and oxygen atoms in total. The molecule has 0 aliphatic heterocycles. The van der Waals surface area contributed by atoms with Crippen molar-refractivity contribution in [3.05, 3.63) is 58.5 Å². The van der Waals surface area contributed by atoms with E-state index in [0.29, 0.717) is 24.9 Å². The van der Waals surface area contributed by atoms with Crippen LogP contribution in [0.5, 0.6) is 5.75 Å². The first-order valence-electron chi connectivity index (χ1n) is 9.33. The summed E-state index contributed by atoms with van der Waals surface area (Å²) in [5, 5.41) is 14.5. The smallest absolute Gasteiger partial charge is 0.230 e. The Morgan fingerprint density at radius 1 is 1.21 bits per heavy atom. The van der Waals surface area contributed by atoms with Gasteiger partial charge in [0.1, 0.15) is 18.2 Å². The second kappa shape index (κ2) is 9.25. The molecule has 0 atom stereocenters. The first-order chi connectivity index (χ1) is 13.8. The van der Waals surface area contributed by atoms with Crippen molar-refractivity contribution in [2.75, 3.05) is 18.9 Å². The van der Waals surface area contributed by atoms with E-state index < -0.39 is 0 Å². The molecule has 2 heterocycles. The maximum Gasteiger partial charge on any atom is 0.230 e. The molecule has 1 saturated carbocycles. The average Bonchev–Trinajstić information content (AvgIpc) is 3.27. The molecule has 0 unspecified atom stereocenters. The molecule has 1 aromatic carbocycles. The molecule has 28 heavy (non-hydrogen) atoms. The molecule has 0 radical (unpaired) electrons. The first-order valence-corrected chi connectivity index (χ1v) is 11.2. The minimum Gasteiger partial charge on any atom is -0.492 e. The fourth-order valence-corrected chi connectivity index (χ4v) is 4.41. The van der Waals surface area contributed by atoms with E-state index in [1.54, 1.807) is 11.3 Å². The molecule has 0 saturated heterocycles. The Morgan fingerprint density at radius 2 is 2.07 bits per heavy atom. The molecule has 146 valence electrons. The summed E-state index contributed by atoms with van der Waals surface area (Å²) in [5.41, 5.74) is 0. The number of thiophene rings is 1. The van der Waals surface area contributed by atoms with E-state index in [-0.39, 0.29) is 5.91 Å². The van der Waals surface area contributed by atoms with Crippen LogP contribution < -0.4 is 10.1 Å². The molecule has 1 aliphatic rings. The molecular formula is C20H22N4O2S2. The van der Waals surface area contributed by atoms with Gasteiger partial charge in [0, 0.05) is 17.3 Å².